The lowest BCUT2D eigenvalue weighted by atomic mass is 10.1. The topological polar surface area (TPSA) is 71.5 Å². The number of nitrogens with one attached hydrogen (secondary N) is 1. The van der Waals surface area contributed by atoms with Crippen LogP contribution in [0.4, 0.5) is 0 Å². The maximum absolute atomic E-state index is 11.8. The van der Waals surface area contributed by atoms with E-state index in [1.807, 2.05) is 30.3 Å². The molecular weight excluding hydrogens is 266 g/mol. The van der Waals surface area contributed by atoms with E-state index in [0.717, 1.165) is 24.4 Å². The smallest absolute Gasteiger partial charge is 0.265 e. The molecule has 1 aliphatic rings. The molecule has 0 atom stereocenters. The van der Waals surface area contributed by atoms with Crippen molar-refractivity contribution in [3.05, 3.63) is 59.5 Å². The minimum Gasteiger partial charge on any atom is -0.468 e. The van der Waals surface area contributed by atoms with E-state index in [-0.39, 0.29) is 5.91 Å². The number of amides is 1. The van der Waals surface area contributed by atoms with Crippen molar-refractivity contribution in [2.45, 2.75) is 32.0 Å². The first-order valence-electron chi connectivity index (χ1n) is 7.13. The second-order valence-corrected chi connectivity index (χ2v) is 5.35. The summed E-state index contributed by atoms with van der Waals surface area (Å²) in [5, 5.41) is 0. The van der Waals surface area contributed by atoms with Crippen molar-refractivity contribution < 1.29 is 9.21 Å². The molecule has 0 saturated heterocycles. The summed E-state index contributed by atoms with van der Waals surface area (Å²) >= 11 is 0. The van der Waals surface area contributed by atoms with Gasteiger partial charge in [0.2, 0.25) is 0 Å². The lowest BCUT2D eigenvalue weighted by Crippen LogP contribution is -2.32. The summed E-state index contributed by atoms with van der Waals surface area (Å²) in [4.78, 5) is 14.2. The molecule has 1 saturated carbocycles. The van der Waals surface area contributed by atoms with Crippen molar-refractivity contribution in [1.82, 2.24) is 10.3 Å². The quantitative estimate of drug-likeness (QED) is 0.484. The molecule has 0 spiro atoms. The molecule has 1 amide bonds. The number of hydrazine groups is 1. The van der Waals surface area contributed by atoms with Crippen LogP contribution in [0.25, 0.3) is 0 Å². The fourth-order valence-electron chi connectivity index (χ4n) is 2.53. The Morgan fingerprint density at radius 2 is 2.05 bits per heavy atom. The molecular formula is C16H19N3O2. The summed E-state index contributed by atoms with van der Waals surface area (Å²) < 4.78 is 5.44. The van der Waals surface area contributed by atoms with Gasteiger partial charge >= 0.3 is 0 Å². The highest BCUT2D eigenvalue weighted by atomic mass is 16.3. The molecule has 0 aliphatic heterocycles. The molecule has 1 fully saturated rings. The summed E-state index contributed by atoms with van der Waals surface area (Å²) in [6, 6.07) is 12.0. The second kappa shape index (κ2) is 6.11. The van der Waals surface area contributed by atoms with Crippen LogP contribution in [-0.4, -0.2) is 16.8 Å². The molecule has 3 rings (SSSR count). The maximum atomic E-state index is 11.8. The third-order valence-electron chi connectivity index (χ3n) is 3.77. The van der Waals surface area contributed by atoms with Gasteiger partial charge in [0.05, 0.1) is 12.8 Å². The van der Waals surface area contributed by atoms with Crippen LogP contribution in [-0.2, 0) is 13.1 Å². The number of carbonyl (C=O) groups excluding carboxylic acids is 1. The van der Waals surface area contributed by atoms with Crippen LogP contribution in [0.2, 0.25) is 0 Å². The van der Waals surface area contributed by atoms with Crippen molar-refractivity contribution in [3.8, 4) is 0 Å². The van der Waals surface area contributed by atoms with Gasteiger partial charge in [-0.15, -0.1) is 0 Å². The molecule has 2 aromatic rings. The van der Waals surface area contributed by atoms with Crippen molar-refractivity contribution in [2.24, 2.45) is 5.84 Å². The summed E-state index contributed by atoms with van der Waals surface area (Å²) in [5.41, 5.74) is 3.82. The highest BCUT2D eigenvalue weighted by Crippen LogP contribution is 2.30. The van der Waals surface area contributed by atoms with Crippen molar-refractivity contribution in [2.75, 3.05) is 0 Å². The second-order valence-electron chi connectivity index (χ2n) is 5.35. The first kappa shape index (κ1) is 13.9. The highest BCUT2D eigenvalue weighted by Gasteiger charge is 2.30. The van der Waals surface area contributed by atoms with Crippen LogP contribution < -0.4 is 11.3 Å². The van der Waals surface area contributed by atoms with E-state index in [9.17, 15) is 4.79 Å². The minimum absolute atomic E-state index is 0.251. The maximum Gasteiger partial charge on any atom is 0.265 e. The van der Waals surface area contributed by atoms with Gasteiger partial charge in [-0.2, -0.15) is 0 Å². The van der Waals surface area contributed by atoms with Crippen LogP contribution >= 0.6 is 0 Å². The standard InChI is InChI=1S/C16H19N3O2/c17-18-16(20)15-6-2-1-4-12(15)10-19(13-7-8-13)11-14-5-3-9-21-14/h1-6,9,13H,7-8,10-11,17H2,(H,18,20). The van der Waals surface area contributed by atoms with Gasteiger partial charge in [0.1, 0.15) is 5.76 Å². The number of benzene rings is 1. The van der Waals surface area contributed by atoms with E-state index in [1.165, 1.54) is 12.8 Å². The highest BCUT2D eigenvalue weighted by molar-refractivity contribution is 5.95. The molecule has 0 bridgehead atoms. The third-order valence-corrected chi connectivity index (χ3v) is 3.77. The molecule has 1 aromatic heterocycles. The summed E-state index contributed by atoms with van der Waals surface area (Å²) in [6.07, 6.45) is 4.09. The van der Waals surface area contributed by atoms with E-state index in [0.29, 0.717) is 11.6 Å². The largest absolute Gasteiger partial charge is 0.468 e. The van der Waals surface area contributed by atoms with Gasteiger partial charge in [0.25, 0.3) is 5.91 Å². The van der Waals surface area contributed by atoms with E-state index in [2.05, 4.69) is 10.3 Å². The fraction of sp³-hybridized carbons (Fsp3) is 0.312. The number of hydrogen-bond acceptors (Lipinski definition) is 4. The first-order chi connectivity index (χ1) is 10.3. The number of rotatable bonds is 6. The molecule has 5 nitrogen and oxygen atoms in total. The van der Waals surface area contributed by atoms with Crippen molar-refractivity contribution in [1.29, 1.82) is 0 Å². The molecule has 1 heterocycles. The Balaban J connectivity index is 1.78. The Bertz CT molecular complexity index is 606. The Morgan fingerprint density at radius 1 is 1.24 bits per heavy atom. The zero-order valence-corrected chi connectivity index (χ0v) is 11.8. The predicted molar refractivity (Wildman–Crippen MR) is 79.1 cm³/mol. The third kappa shape index (κ3) is 3.32. The number of hydrogen-bond donors (Lipinski definition) is 2. The molecule has 5 heteroatoms. The zero-order valence-electron chi connectivity index (χ0n) is 11.8. The monoisotopic (exact) mass is 285 g/mol. The van der Waals surface area contributed by atoms with Gasteiger partial charge in [-0.1, -0.05) is 18.2 Å². The van der Waals surface area contributed by atoms with Crippen LogP contribution in [0, 0.1) is 0 Å². The van der Waals surface area contributed by atoms with Crippen LogP contribution in [0.15, 0.2) is 47.1 Å². The molecule has 3 N–H and O–H groups in total. The first-order valence-corrected chi connectivity index (χ1v) is 7.13. The molecule has 1 aliphatic carbocycles. The van der Waals surface area contributed by atoms with Crippen LogP contribution in [0.3, 0.4) is 0 Å². The Labute approximate surface area is 123 Å². The SMILES string of the molecule is NNC(=O)c1ccccc1CN(Cc1ccco1)C1CC1. The van der Waals surface area contributed by atoms with Crippen LogP contribution in [0.5, 0.6) is 0 Å². The Hall–Kier alpha value is -2.11. The number of nitrogens with zero attached hydrogens (tertiary/aromatic N) is 1. The van der Waals surface area contributed by atoms with E-state index >= 15 is 0 Å². The molecule has 110 valence electrons. The number of furan rings is 1. The predicted octanol–water partition coefficient (Wildman–Crippen LogP) is 2.05. The van der Waals surface area contributed by atoms with Gasteiger partial charge < -0.3 is 4.42 Å². The zero-order chi connectivity index (χ0) is 14.7. The Morgan fingerprint density at radius 3 is 2.71 bits per heavy atom. The Kier molecular flexibility index (Phi) is 4.03. The summed E-state index contributed by atoms with van der Waals surface area (Å²) in [6.45, 7) is 1.48. The van der Waals surface area contributed by atoms with Gasteiger partial charge in [-0.05, 0) is 36.6 Å². The van der Waals surface area contributed by atoms with Crippen molar-refractivity contribution >= 4 is 5.91 Å². The van der Waals surface area contributed by atoms with Gasteiger partial charge in [0.15, 0.2) is 0 Å². The summed E-state index contributed by atoms with van der Waals surface area (Å²) in [7, 11) is 0. The number of nitrogens with two attached hydrogens (primary N) is 1. The van der Waals surface area contributed by atoms with Crippen LogP contribution in [0.1, 0.15) is 34.5 Å². The average Bonchev–Trinajstić information content (AvgIpc) is 3.24. The molecule has 21 heavy (non-hydrogen) atoms. The van der Waals surface area contributed by atoms with E-state index in [1.54, 1.807) is 12.3 Å². The number of carbonyl (C=O) groups is 1. The molecule has 0 radical (unpaired) electrons. The average molecular weight is 285 g/mol. The van der Waals surface area contributed by atoms with Crippen molar-refractivity contribution in [3.63, 3.8) is 0 Å². The molecule has 1 aromatic carbocycles. The van der Waals surface area contributed by atoms with E-state index in [4.69, 9.17) is 10.3 Å². The van der Waals surface area contributed by atoms with Gasteiger partial charge in [-0.3, -0.25) is 15.1 Å². The lowest BCUT2D eigenvalue weighted by molar-refractivity contribution is 0.0951. The van der Waals surface area contributed by atoms with E-state index < -0.39 is 0 Å². The molecule has 0 unspecified atom stereocenters. The number of nitrogen functional groups attached to an aromatic ring is 1. The van der Waals surface area contributed by atoms with Gasteiger partial charge in [-0.25, -0.2) is 5.84 Å². The summed E-state index contributed by atoms with van der Waals surface area (Å²) in [5.74, 6) is 5.95. The minimum atomic E-state index is -0.251. The normalized spacial score (nSPS) is 14.4. The lowest BCUT2D eigenvalue weighted by Gasteiger charge is -2.22. The van der Waals surface area contributed by atoms with Gasteiger partial charge in [0, 0.05) is 18.2 Å². The fourth-order valence-corrected chi connectivity index (χ4v) is 2.53.